The average Bonchev–Trinajstić information content (AvgIpc) is 2.13. The van der Waals surface area contributed by atoms with Crippen LogP contribution in [-0.4, -0.2) is 11.9 Å². The molecule has 0 aromatic heterocycles. The Balaban J connectivity index is 2.74. The summed E-state index contributed by atoms with van der Waals surface area (Å²) >= 11 is 0. The molecule has 0 saturated heterocycles. The van der Waals surface area contributed by atoms with Crippen molar-refractivity contribution in [2.45, 2.75) is 0 Å². The van der Waals surface area contributed by atoms with Gasteiger partial charge in [0, 0.05) is 0 Å². The van der Waals surface area contributed by atoms with Gasteiger partial charge in [-0.2, -0.15) is 0 Å². The Hall–Kier alpha value is -1.58. The molecule has 10 heavy (non-hydrogen) atoms. The van der Waals surface area contributed by atoms with Crippen LogP contribution in [0, 0.1) is 0 Å². The SMILES string of the molecule is C=COC1=CC(=O)OC1=O. The predicted molar refractivity (Wildman–Crippen MR) is 30.5 cm³/mol. The molecule has 0 aliphatic carbocycles. The topological polar surface area (TPSA) is 52.6 Å². The van der Waals surface area contributed by atoms with E-state index in [1.165, 1.54) is 0 Å². The van der Waals surface area contributed by atoms with Gasteiger partial charge in [-0.05, 0) is 0 Å². The molecular weight excluding hydrogens is 136 g/mol. The molecule has 4 nitrogen and oxygen atoms in total. The molecular formula is C6H4O4. The molecule has 0 amide bonds. The van der Waals surface area contributed by atoms with Crippen LogP contribution in [0.3, 0.4) is 0 Å². The summed E-state index contributed by atoms with van der Waals surface area (Å²) in [6.45, 7) is 3.20. The molecule has 0 bridgehead atoms. The van der Waals surface area contributed by atoms with E-state index in [1.54, 1.807) is 0 Å². The van der Waals surface area contributed by atoms with Crippen LogP contribution >= 0.6 is 0 Å². The van der Waals surface area contributed by atoms with Crippen molar-refractivity contribution in [1.82, 2.24) is 0 Å². The lowest BCUT2D eigenvalue weighted by Crippen LogP contribution is -2.02. The molecule has 1 aliphatic rings. The van der Waals surface area contributed by atoms with E-state index < -0.39 is 11.9 Å². The van der Waals surface area contributed by atoms with Crippen molar-refractivity contribution in [3.8, 4) is 0 Å². The molecule has 0 N–H and O–H groups in total. The maximum atomic E-state index is 10.5. The summed E-state index contributed by atoms with van der Waals surface area (Å²) < 4.78 is 8.60. The van der Waals surface area contributed by atoms with Crippen LogP contribution in [0.15, 0.2) is 24.7 Å². The Morgan fingerprint density at radius 1 is 1.60 bits per heavy atom. The minimum atomic E-state index is -0.773. The smallest absolute Gasteiger partial charge is 0.382 e. The second-order valence-corrected chi connectivity index (χ2v) is 1.50. The highest BCUT2D eigenvalue weighted by Gasteiger charge is 2.24. The lowest BCUT2D eigenvalue weighted by molar-refractivity contribution is -0.151. The van der Waals surface area contributed by atoms with E-state index in [9.17, 15) is 9.59 Å². The Labute approximate surface area is 56.7 Å². The third-order valence-electron chi connectivity index (χ3n) is 0.854. The first-order valence-corrected chi connectivity index (χ1v) is 2.49. The monoisotopic (exact) mass is 140 g/mol. The molecule has 0 atom stereocenters. The highest BCUT2D eigenvalue weighted by Crippen LogP contribution is 2.08. The van der Waals surface area contributed by atoms with Gasteiger partial charge >= 0.3 is 11.9 Å². The number of hydrogen-bond acceptors (Lipinski definition) is 4. The van der Waals surface area contributed by atoms with Gasteiger partial charge in [-0.1, -0.05) is 6.58 Å². The summed E-state index contributed by atoms with van der Waals surface area (Å²) in [5.74, 6) is -1.60. The van der Waals surface area contributed by atoms with E-state index in [1.807, 2.05) is 0 Å². The second-order valence-electron chi connectivity index (χ2n) is 1.50. The minimum Gasteiger partial charge on any atom is -0.458 e. The van der Waals surface area contributed by atoms with Crippen molar-refractivity contribution in [3.63, 3.8) is 0 Å². The van der Waals surface area contributed by atoms with Gasteiger partial charge in [0.05, 0.1) is 12.3 Å². The van der Waals surface area contributed by atoms with E-state index in [-0.39, 0.29) is 5.76 Å². The molecule has 0 saturated carbocycles. The zero-order chi connectivity index (χ0) is 7.56. The van der Waals surface area contributed by atoms with Crippen molar-refractivity contribution < 1.29 is 19.1 Å². The van der Waals surface area contributed by atoms with Crippen LogP contribution in [0.1, 0.15) is 0 Å². The minimum absolute atomic E-state index is 0.125. The first-order chi connectivity index (χ1) is 4.74. The summed E-state index contributed by atoms with van der Waals surface area (Å²) in [4.78, 5) is 20.8. The van der Waals surface area contributed by atoms with Crippen molar-refractivity contribution in [1.29, 1.82) is 0 Å². The molecule has 0 fully saturated rings. The van der Waals surface area contributed by atoms with Gasteiger partial charge in [-0.25, -0.2) is 9.59 Å². The van der Waals surface area contributed by atoms with Crippen LogP contribution in [0.25, 0.3) is 0 Å². The summed E-state index contributed by atoms with van der Waals surface area (Å²) in [7, 11) is 0. The summed E-state index contributed by atoms with van der Waals surface area (Å²) in [6.07, 6.45) is 2.01. The Kier molecular flexibility index (Phi) is 1.53. The fourth-order valence-corrected chi connectivity index (χ4v) is 0.509. The number of hydrogen-bond donors (Lipinski definition) is 0. The first-order valence-electron chi connectivity index (χ1n) is 2.49. The van der Waals surface area contributed by atoms with Gasteiger partial charge in [-0.3, -0.25) is 0 Å². The number of ether oxygens (including phenoxy) is 2. The number of esters is 2. The van der Waals surface area contributed by atoms with E-state index in [4.69, 9.17) is 0 Å². The normalized spacial score (nSPS) is 16.2. The van der Waals surface area contributed by atoms with Crippen LogP contribution in [-0.2, 0) is 19.1 Å². The van der Waals surface area contributed by atoms with Crippen LogP contribution < -0.4 is 0 Å². The zero-order valence-electron chi connectivity index (χ0n) is 4.99. The van der Waals surface area contributed by atoms with Crippen LogP contribution in [0.2, 0.25) is 0 Å². The molecule has 0 aromatic rings. The van der Waals surface area contributed by atoms with Gasteiger partial charge in [0.1, 0.15) is 0 Å². The maximum absolute atomic E-state index is 10.5. The van der Waals surface area contributed by atoms with Crippen molar-refractivity contribution in [3.05, 3.63) is 24.7 Å². The molecule has 0 radical (unpaired) electrons. The van der Waals surface area contributed by atoms with Gasteiger partial charge in [0.2, 0.25) is 5.76 Å². The Bertz CT molecular complexity index is 226. The molecule has 0 unspecified atom stereocenters. The van der Waals surface area contributed by atoms with Crippen molar-refractivity contribution >= 4 is 11.9 Å². The molecule has 0 aromatic carbocycles. The fourth-order valence-electron chi connectivity index (χ4n) is 0.509. The number of carbonyl (C=O) groups excluding carboxylic acids is 2. The summed E-state index contributed by atoms with van der Waals surface area (Å²) in [5, 5.41) is 0. The Morgan fingerprint density at radius 2 is 2.30 bits per heavy atom. The molecule has 0 spiro atoms. The zero-order valence-corrected chi connectivity index (χ0v) is 4.99. The highest BCUT2D eigenvalue weighted by atomic mass is 16.6. The van der Waals surface area contributed by atoms with Crippen molar-refractivity contribution in [2.75, 3.05) is 0 Å². The van der Waals surface area contributed by atoms with Gasteiger partial charge in [0.15, 0.2) is 0 Å². The van der Waals surface area contributed by atoms with E-state index in [2.05, 4.69) is 16.1 Å². The highest BCUT2D eigenvalue weighted by molar-refractivity contribution is 6.07. The second kappa shape index (κ2) is 2.34. The fraction of sp³-hybridized carbons (Fsp3) is 0. The standard InChI is InChI=1S/C6H4O4/c1-2-9-4-3-5(7)10-6(4)8/h2-3H,1H2. The number of rotatable bonds is 2. The van der Waals surface area contributed by atoms with Gasteiger partial charge in [0.25, 0.3) is 0 Å². The Morgan fingerprint density at radius 3 is 2.70 bits per heavy atom. The summed E-state index contributed by atoms with van der Waals surface area (Å²) in [5.41, 5.74) is 0. The number of cyclic esters (lactones) is 2. The summed E-state index contributed by atoms with van der Waals surface area (Å²) in [6, 6.07) is 0. The van der Waals surface area contributed by atoms with Crippen LogP contribution in [0.5, 0.6) is 0 Å². The quantitative estimate of drug-likeness (QED) is 0.310. The molecule has 1 heterocycles. The van der Waals surface area contributed by atoms with E-state index >= 15 is 0 Å². The molecule has 52 valence electrons. The largest absolute Gasteiger partial charge is 0.458 e. The molecule has 4 heteroatoms. The van der Waals surface area contributed by atoms with Gasteiger partial charge in [-0.15, -0.1) is 0 Å². The molecule has 1 aliphatic heterocycles. The van der Waals surface area contributed by atoms with E-state index in [0.29, 0.717) is 0 Å². The maximum Gasteiger partial charge on any atom is 0.382 e. The number of carbonyl (C=O) groups is 2. The van der Waals surface area contributed by atoms with Gasteiger partial charge < -0.3 is 9.47 Å². The average molecular weight is 140 g/mol. The van der Waals surface area contributed by atoms with Crippen molar-refractivity contribution in [2.24, 2.45) is 0 Å². The first kappa shape index (κ1) is 6.54. The third-order valence-corrected chi connectivity index (χ3v) is 0.854. The third kappa shape index (κ3) is 1.05. The molecule has 1 rings (SSSR count). The lowest BCUT2D eigenvalue weighted by atomic mass is 10.5. The van der Waals surface area contributed by atoms with Crippen LogP contribution in [0.4, 0.5) is 0 Å². The van der Waals surface area contributed by atoms with E-state index in [0.717, 1.165) is 12.3 Å². The predicted octanol–water partition coefficient (Wildman–Crippen LogP) is 0.114. The lowest BCUT2D eigenvalue weighted by Gasteiger charge is -1.92.